The number of nitrogens with zero attached hydrogens (tertiary/aromatic N) is 3. The largest absolute Gasteiger partial charge is 0.494 e. The van der Waals surface area contributed by atoms with Crippen molar-refractivity contribution in [2.24, 2.45) is 0 Å². The van der Waals surface area contributed by atoms with Crippen molar-refractivity contribution in [1.82, 2.24) is 14.7 Å². The number of rotatable bonds is 6. The average molecular weight is 389 g/mol. The summed E-state index contributed by atoms with van der Waals surface area (Å²) in [6.07, 6.45) is 0. The number of hydrogen-bond donors (Lipinski definition) is 0. The Morgan fingerprint density at radius 1 is 1.21 bits per heavy atom. The van der Waals surface area contributed by atoms with E-state index in [4.69, 9.17) is 9.15 Å². The van der Waals surface area contributed by atoms with Crippen LogP contribution in [0.15, 0.2) is 51.7 Å². The summed E-state index contributed by atoms with van der Waals surface area (Å²) in [5.74, 6) is -2.10. The van der Waals surface area contributed by atoms with E-state index < -0.39 is 23.3 Å². The third-order valence-corrected chi connectivity index (χ3v) is 4.04. The van der Waals surface area contributed by atoms with Gasteiger partial charge in [-0.3, -0.25) is 4.79 Å². The second-order valence-corrected chi connectivity index (χ2v) is 6.06. The van der Waals surface area contributed by atoms with Gasteiger partial charge in [0.1, 0.15) is 12.4 Å². The van der Waals surface area contributed by atoms with Crippen molar-refractivity contribution >= 4 is 5.91 Å². The third kappa shape index (κ3) is 4.25. The highest BCUT2D eigenvalue weighted by atomic mass is 19.1. The van der Waals surface area contributed by atoms with Crippen LogP contribution in [0.2, 0.25) is 0 Å². The molecule has 0 bridgehead atoms. The Morgan fingerprint density at radius 2 is 1.93 bits per heavy atom. The molecule has 28 heavy (non-hydrogen) atoms. The van der Waals surface area contributed by atoms with Crippen LogP contribution in [0.5, 0.6) is 5.75 Å². The van der Waals surface area contributed by atoms with E-state index in [1.165, 1.54) is 55.5 Å². The highest BCUT2D eigenvalue weighted by Crippen LogP contribution is 2.19. The standard InChI is InChI=1S/C19H17F2N3O4/c1-23(10-12-3-8-16(27-2)15(21)9-12)17(25)11-24-19(26)28-18(22-24)13-4-6-14(20)7-5-13/h3-9H,10-11H2,1-2H3. The zero-order valence-corrected chi connectivity index (χ0v) is 15.2. The lowest BCUT2D eigenvalue weighted by Gasteiger charge is -2.17. The molecule has 9 heteroatoms. The van der Waals surface area contributed by atoms with Gasteiger partial charge < -0.3 is 14.1 Å². The molecular formula is C19H17F2N3O4. The Morgan fingerprint density at radius 3 is 2.57 bits per heavy atom. The molecule has 0 aliphatic rings. The van der Waals surface area contributed by atoms with E-state index in [-0.39, 0.29) is 24.7 Å². The van der Waals surface area contributed by atoms with E-state index in [0.29, 0.717) is 11.1 Å². The number of hydrogen-bond acceptors (Lipinski definition) is 5. The Balaban J connectivity index is 1.69. The molecule has 1 aromatic heterocycles. The smallest absolute Gasteiger partial charge is 0.437 e. The number of amides is 1. The molecule has 3 aromatic rings. The van der Waals surface area contributed by atoms with Crippen LogP contribution in [0.3, 0.4) is 0 Å². The maximum atomic E-state index is 13.8. The second-order valence-electron chi connectivity index (χ2n) is 6.06. The number of carbonyl (C=O) groups is 1. The zero-order chi connectivity index (χ0) is 20.3. The van der Waals surface area contributed by atoms with Gasteiger partial charge in [0, 0.05) is 19.2 Å². The average Bonchev–Trinajstić information content (AvgIpc) is 3.03. The van der Waals surface area contributed by atoms with Crippen LogP contribution in [-0.2, 0) is 17.9 Å². The highest BCUT2D eigenvalue weighted by Gasteiger charge is 2.16. The molecule has 0 aliphatic carbocycles. The molecule has 1 amide bonds. The van der Waals surface area contributed by atoms with Gasteiger partial charge in [-0.05, 0) is 42.0 Å². The lowest BCUT2D eigenvalue weighted by atomic mass is 10.2. The predicted molar refractivity (Wildman–Crippen MR) is 95.6 cm³/mol. The minimum atomic E-state index is -0.809. The minimum Gasteiger partial charge on any atom is -0.494 e. The summed E-state index contributed by atoms with van der Waals surface area (Å²) in [7, 11) is 2.89. The number of likely N-dealkylation sites (N-methyl/N-ethyl adjacent to an activating group) is 1. The molecule has 0 fully saturated rings. The Labute approximate surface area is 158 Å². The van der Waals surface area contributed by atoms with Crippen LogP contribution in [0.25, 0.3) is 11.5 Å². The van der Waals surface area contributed by atoms with Gasteiger partial charge in [-0.15, -0.1) is 5.10 Å². The van der Waals surface area contributed by atoms with Crippen molar-refractivity contribution in [3.63, 3.8) is 0 Å². The first kappa shape index (κ1) is 19.3. The summed E-state index contributed by atoms with van der Waals surface area (Å²) in [5, 5.41) is 3.97. The molecule has 0 aliphatic heterocycles. The first-order valence-corrected chi connectivity index (χ1v) is 8.27. The van der Waals surface area contributed by atoms with E-state index in [9.17, 15) is 18.4 Å². The van der Waals surface area contributed by atoms with Crippen molar-refractivity contribution in [1.29, 1.82) is 0 Å². The summed E-state index contributed by atoms with van der Waals surface area (Å²) >= 11 is 0. The van der Waals surface area contributed by atoms with Gasteiger partial charge in [0.05, 0.1) is 7.11 Å². The molecule has 0 atom stereocenters. The third-order valence-electron chi connectivity index (χ3n) is 4.04. The Hall–Kier alpha value is -3.49. The number of aromatic nitrogens is 2. The van der Waals surface area contributed by atoms with Gasteiger partial charge >= 0.3 is 5.76 Å². The monoisotopic (exact) mass is 389 g/mol. The predicted octanol–water partition coefficient (Wildman–Crippen LogP) is 2.45. The summed E-state index contributed by atoms with van der Waals surface area (Å²) in [6.45, 7) is -0.212. The van der Waals surface area contributed by atoms with Crippen LogP contribution >= 0.6 is 0 Å². The summed E-state index contributed by atoms with van der Waals surface area (Å²) in [4.78, 5) is 25.7. The van der Waals surface area contributed by atoms with E-state index >= 15 is 0 Å². The van der Waals surface area contributed by atoms with Gasteiger partial charge in [0.25, 0.3) is 0 Å². The molecule has 0 radical (unpaired) electrons. The number of benzene rings is 2. The van der Waals surface area contributed by atoms with Crippen molar-refractivity contribution in [3.8, 4) is 17.2 Å². The van der Waals surface area contributed by atoms with Crippen molar-refractivity contribution in [2.75, 3.05) is 14.2 Å². The van der Waals surface area contributed by atoms with Gasteiger partial charge in [0.2, 0.25) is 11.8 Å². The molecule has 0 N–H and O–H groups in total. The van der Waals surface area contributed by atoms with Crippen molar-refractivity contribution < 1.29 is 22.7 Å². The molecule has 0 unspecified atom stereocenters. The number of methoxy groups -OCH3 is 1. The van der Waals surface area contributed by atoms with E-state index in [1.54, 1.807) is 6.07 Å². The number of halogens is 2. The van der Waals surface area contributed by atoms with E-state index in [0.717, 1.165) is 4.68 Å². The molecule has 146 valence electrons. The van der Waals surface area contributed by atoms with Crippen molar-refractivity contribution in [3.05, 3.63) is 70.2 Å². The summed E-state index contributed by atoms with van der Waals surface area (Å²) in [5.41, 5.74) is 0.973. The van der Waals surface area contributed by atoms with Crippen LogP contribution in [0, 0.1) is 11.6 Å². The van der Waals surface area contributed by atoms with E-state index in [2.05, 4.69) is 5.10 Å². The maximum Gasteiger partial charge on any atom is 0.437 e. The van der Waals surface area contributed by atoms with Crippen LogP contribution < -0.4 is 10.5 Å². The molecule has 0 saturated carbocycles. The fourth-order valence-electron chi connectivity index (χ4n) is 2.53. The first-order chi connectivity index (χ1) is 13.4. The molecule has 7 nitrogen and oxygen atoms in total. The fraction of sp³-hybridized carbons (Fsp3) is 0.211. The van der Waals surface area contributed by atoms with Crippen LogP contribution in [0.4, 0.5) is 8.78 Å². The Kier molecular flexibility index (Phi) is 5.53. The quantitative estimate of drug-likeness (QED) is 0.647. The fourth-order valence-corrected chi connectivity index (χ4v) is 2.53. The molecule has 0 saturated heterocycles. The maximum absolute atomic E-state index is 13.8. The van der Waals surface area contributed by atoms with Gasteiger partial charge in [-0.2, -0.15) is 4.68 Å². The van der Waals surface area contributed by atoms with Gasteiger partial charge in [0.15, 0.2) is 11.6 Å². The highest BCUT2D eigenvalue weighted by molar-refractivity contribution is 5.75. The van der Waals surface area contributed by atoms with Crippen LogP contribution in [-0.4, -0.2) is 34.7 Å². The second kappa shape index (κ2) is 8.03. The normalized spacial score (nSPS) is 10.7. The lowest BCUT2D eigenvalue weighted by molar-refractivity contribution is -0.131. The lowest BCUT2D eigenvalue weighted by Crippen LogP contribution is -2.33. The molecular weight excluding hydrogens is 372 g/mol. The van der Waals surface area contributed by atoms with Crippen LogP contribution in [0.1, 0.15) is 5.56 Å². The van der Waals surface area contributed by atoms with Crippen molar-refractivity contribution in [2.45, 2.75) is 13.1 Å². The number of carbonyl (C=O) groups excluding carboxylic acids is 1. The summed E-state index contributed by atoms with van der Waals surface area (Å²) in [6, 6.07) is 9.63. The molecule has 2 aromatic carbocycles. The zero-order valence-electron chi connectivity index (χ0n) is 15.2. The Bertz CT molecular complexity index is 1040. The molecule has 0 spiro atoms. The van der Waals surface area contributed by atoms with Gasteiger partial charge in [-0.1, -0.05) is 6.07 Å². The topological polar surface area (TPSA) is 77.6 Å². The molecule has 1 heterocycles. The van der Waals surface area contributed by atoms with Gasteiger partial charge in [-0.25, -0.2) is 13.6 Å². The SMILES string of the molecule is COc1ccc(CN(C)C(=O)Cn2nc(-c3ccc(F)cc3)oc2=O)cc1F. The minimum absolute atomic E-state index is 0.0160. The van der Waals surface area contributed by atoms with E-state index in [1.807, 2.05) is 0 Å². The number of ether oxygens (including phenoxy) is 1. The first-order valence-electron chi connectivity index (χ1n) is 8.27. The summed E-state index contributed by atoms with van der Waals surface area (Å²) < 4.78 is 37.5. The molecule has 3 rings (SSSR count).